The monoisotopic (exact) mass is 563 g/mol. The Bertz CT molecular complexity index is 1060. The van der Waals surface area contributed by atoms with Gasteiger partial charge in [0, 0.05) is 25.6 Å². The molecular formula is C28H41N3O7S. The van der Waals surface area contributed by atoms with Gasteiger partial charge in [0.15, 0.2) is 0 Å². The molecule has 4 rings (SSSR count). The Kier molecular flexibility index (Phi) is 9.08. The lowest BCUT2D eigenvalue weighted by molar-refractivity contribution is -0.124. The summed E-state index contributed by atoms with van der Waals surface area (Å²) < 4.78 is 11.3. The second-order valence-electron chi connectivity index (χ2n) is 12.1. The molecule has 0 spiro atoms. The Hall–Kier alpha value is -2.82. The van der Waals surface area contributed by atoms with Gasteiger partial charge in [0.25, 0.3) is 0 Å². The first-order chi connectivity index (χ1) is 18.4. The number of carbonyl (C=O) groups excluding carboxylic acids is 3. The Balaban J connectivity index is 1.42. The number of anilines is 1. The van der Waals surface area contributed by atoms with Gasteiger partial charge in [-0.2, -0.15) is 0 Å². The van der Waals surface area contributed by atoms with E-state index in [1.54, 1.807) is 26.1 Å². The standard InChI is InChI=1S/C28H41N3O7S/c1-18-7-9-19(10-8-18)24(32)31(22-12-15-39-23(22)25(33)34)20-11-14-30(16-20)26(35)37-21-6-5-13-29(17-21)27(36)38-28(2,3)4/h12,15,18-21H,5-11,13-14,16-17H2,1-4H3,(H,33,34)/t18-,19-,20-,21+/m0/s1. The zero-order valence-electron chi connectivity index (χ0n) is 23.4. The predicted molar refractivity (Wildman–Crippen MR) is 147 cm³/mol. The maximum absolute atomic E-state index is 13.8. The molecule has 0 radical (unpaired) electrons. The van der Waals surface area contributed by atoms with Crippen LogP contribution in [0.1, 0.15) is 82.3 Å². The molecule has 3 fully saturated rings. The topological polar surface area (TPSA) is 117 Å². The number of hydrogen-bond acceptors (Lipinski definition) is 7. The molecule has 2 aliphatic heterocycles. The van der Waals surface area contributed by atoms with E-state index in [2.05, 4.69) is 6.92 Å². The van der Waals surface area contributed by atoms with Gasteiger partial charge in [-0.25, -0.2) is 14.4 Å². The third-order valence-electron chi connectivity index (χ3n) is 7.78. The summed E-state index contributed by atoms with van der Waals surface area (Å²) in [6.45, 7) is 9.14. The second-order valence-corrected chi connectivity index (χ2v) is 13.0. The summed E-state index contributed by atoms with van der Waals surface area (Å²) in [4.78, 5) is 56.3. The first-order valence-electron chi connectivity index (χ1n) is 14.0. The molecule has 0 unspecified atom stereocenters. The van der Waals surface area contributed by atoms with Gasteiger partial charge in [-0.05, 0) is 83.1 Å². The molecule has 3 heterocycles. The molecule has 39 heavy (non-hydrogen) atoms. The van der Waals surface area contributed by atoms with E-state index in [4.69, 9.17) is 9.47 Å². The van der Waals surface area contributed by atoms with Crippen molar-refractivity contribution in [1.82, 2.24) is 9.80 Å². The Labute approximate surface area is 234 Å². The zero-order valence-corrected chi connectivity index (χ0v) is 24.2. The van der Waals surface area contributed by atoms with Gasteiger partial charge in [-0.3, -0.25) is 4.79 Å². The van der Waals surface area contributed by atoms with Crippen molar-refractivity contribution in [2.24, 2.45) is 11.8 Å². The van der Waals surface area contributed by atoms with Gasteiger partial charge in [0.2, 0.25) is 5.91 Å². The summed E-state index contributed by atoms with van der Waals surface area (Å²) in [7, 11) is 0. The van der Waals surface area contributed by atoms with Crippen molar-refractivity contribution in [2.45, 2.75) is 90.4 Å². The summed E-state index contributed by atoms with van der Waals surface area (Å²) in [6.07, 6.45) is 4.10. The molecule has 1 saturated carbocycles. The lowest BCUT2D eigenvalue weighted by Gasteiger charge is -2.35. The third kappa shape index (κ3) is 7.23. The highest BCUT2D eigenvalue weighted by Crippen LogP contribution is 2.36. The number of thiophene rings is 1. The number of carboxylic acid groups (broad SMARTS) is 1. The van der Waals surface area contributed by atoms with Crippen LogP contribution >= 0.6 is 11.3 Å². The van der Waals surface area contributed by atoms with E-state index in [9.17, 15) is 24.3 Å². The van der Waals surface area contributed by atoms with Gasteiger partial charge in [-0.1, -0.05) is 6.92 Å². The maximum Gasteiger partial charge on any atom is 0.410 e. The molecule has 11 heteroatoms. The maximum atomic E-state index is 13.8. The van der Waals surface area contributed by atoms with Crippen molar-refractivity contribution in [3.05, 3.63) is 16.3 Å². The summed E-state index contributed by atoms with van der Waals surface area (Å²) in [5.41, 5.74) is -0.190. The molecule has 2 atom stereocenters. The highest BCUT2D eigenvalue weighted by Gasteiger charge is 2.40. The van der Waals surface area contributed by atoms with E-state index in [1.165, 1.54) is 0 Å². The largest absolute Gasteiger partial charge is 0.477 e. The van der Waals surface area contributed by atoms with Crippen molar-refractivity contribution >= 4 is 41.1 Å². The molecule has 0 aromatic carbocycles. The average Bonchev–Trinajstić information content (AvgIpc) is 3.55. The molecule has 10 nitrogen and oxygen atoms in total. The average molecular weight is 564 g/mol. The number of amides is 3. The Morgan fingerprint density at radius 2 is 1.67 bits per heavy atom. The van der Waals surface area contributed by atoms with E-state index in [1.807, 2.05) is 20.8 Å². The number of rotatable bonds is 5. The summed E-state index contributed by atoms with van der Waals surface area (Å²) >= 11 is 1.10. The fourth-order valence-electron chi connectivity index (χ4n) is 5.71. The van der Waals surface area contributed by atoms with Crippen LogP contribution in [0, 0.1) is 11.8 Å². The van der Waals surface area contributed by atoms with Crippen LogP contribution < -0.4 is 4.90 Å². The van der Waals surface area contributed by atoms with Crippen LogP contribution in [0.4, 0.5) is 15.3 Å². The van der Waals surface area contributed by atoms with Crippen molar-refractivity contribution in [2.75, 3.05) is 31.1 Å². The normalized spacial score (nSPS) is 25.7. The number of piperidine rings is 1. The number of carbonyl (C=O) groups is 4. The van der Waals surface area contributed by atoms with Crippen molar-refractivity contribution in [1.29, 1.82) is 0 Å². The Morgan fingerprint density at radius 1 is 0.974 bits per heavy atom. The van der Waals surface area contributed by atoms with Gasteiger partial charge >= 0.3 is 18.2 Å². The SMILES string of the molecule is CC(C)(C)OC(=O)N1CCC[C@@H](OC(=O)N2CC[C@H](N(c3ccsc3C(=O)O)C(=O)[C@H]3CC[C@H](C)CC3)C2)C1. The molecule has 1 N–H and O–H groups in total. The minimum atomic E-state index is -1.06. The number of nitrogens with zero attached hydrogens (tertiary/aromatic N) is 3. The number of likely N-dealkylation sites (tertiary alicyclic amines) is 2. The summed E-state index contributed by atoms with van der Waals surface area (Å²) in [5, 5.41) is 11.5. The fourth-order valence-corrected chi connectivity index (χ4v) is 6.43. The van der Waals surface area contributed by atoms with E-state index in [0.717, 1.165) is 37.0 Å². The molecule has 2 saturated heterocycles. The van der Waals surface area contributed by atoms with Gasteiger partial charge in [0.1, 0.15) is 16.6 Å². The van der Waals surface area contributed by atoms with Crippen LogP contribution in [0.2, 0.25) is 0 Å². The van der Waals surface area contributed by atoms with E-state index < -0.39 is 29.9 Å². The molecule has 3 aliphatic rings. The number of ether oxygens (including phenoxy) is 2. The Morgan fingerprint density at radius 3 is 2.33 bits per heavy atom. The smallest absolute Gasteiger partial charge is 0.410 e. The molecule has 1 aromatic heterocycles. The van der Waals surface area contributed by atoms with Crippen LogP contribution in [-0.4, -0.2) is 82.9 Å². The van der Waals surface area contributed by atoms with Gasteiger partial charge < -0.3 is 29.3 Å². The van der Waals surface area contributed by atoms with Crippen LogP contribution in [0.3, 0.4) is 0 Å². The molecular weight excluding hydrogens is 522 g/mol. The minimum Gasteiger partial charge on any atom is -0.477 e. The van der Waals surface area contributed by atoms with Crippen LogP contribution in [-0.2, 0) is 14.3 Å². The van der Waals surface area contributed by atoms with Crippen LogP contribution in [0.5, 0.6) is 0 Å². The second kappa shape index (κ2) is 12.1. The minimum absolute atomic E-state index is 0.0525. The summed E-state index contributed by atoms with van der Waals surface area (Å²) in [6, 6.07) is 1.37. The first kappa shape index (κ1) is 29.2. The number of hydrogen-bond donors (Lipinski definition) is 1. The van der Waals surface area contributed by atoms with Gasteiger partial charge in [0.05, 0.1) is 18.3 Å². The number of carboxylic acids is 1. The quantitative estimate of drug-likeness (QED) is 0.522. The first-order valence-corrected chi connectivity index (χ1v) is 14.9. The molecule has 1 aromatic rings. The molecule has 1 aliphatic carbocycles. The highest BCUT2D eigenvalue weighted by molar-refractivity contribution is 7.12. The van der Waals surface area contributed by atoms with Gasteiger partial charge in [-0.15, -0.1) is 11.3 Å². The predicted octanol–water partition coefficient (Wildman–Crippen LogP) is 5.22. The lowest BCUT2D eigenvalue weighted by atomic mass is 9.82. The lowest BCUT2D eigenvalue weighted by Crippen LogP contribution is -2.48. The van der Waals surface area contributed by atoms with E-state index in [-0.39, 0.29) is 35.8 Å². The third-order valence-corrected chi connectivity index (χ3v) is 8.68. The van der Waals surface area contributed by atoms with E-state index >= 15 is 0 Å². The van der Waals surface area contributed by atoms with E-state index in [0.29, 0.717) is 44.0 Å². The van der Waals surface area contributed by atoms with Crippen LogP contribution in [0.25, 0.3) is 0 Å². The van der Waals surface area contributed by atoms with Crippen molar-refractivity contribution < 1.29 is 33.8 Å². The number of aromatic carboxylic acids is 1. The van der Waals surface area contributed by atoms with Crippen molar-refractivity contribution in [3.8, 4) is 0 Å². The molecule has 0 bridgehead atoms. The van der Waals surface area contributed by atoms with Crippen molar-refractivity contribution in [3.63, 3.8) is 0 Å². The fraction of sp³-hybridized carbons (Fsp3) is 0.714. The van der Waals surface area contributed by atoms with Crippen LogP contribution in [0.15, 0.2) is 11.4 Å². The zero-order chi connectivity index (χ0) is 28.3. The highest BCUT2D eigenvalue weighted by atomic mass is 32.1. The molecule has 3 amide bonds. The summed E-state index contributed by atoms with van der Waals surface area (Å²) in [5.74, 6) is -0.676. The molecule has 216 valence electrons.